The summed E-state index contributed by atoms with van der Waals surface area (Å²) in [7, 11) is 0. The first-order valence-corrected chi connectivity index (χ1v) is 10.7. The molecule has 6 nitrogen and oxygen atoms in total. The fraction of sp³-hybridized carbons (Fsp3) is 0.250. The van der Waals surface area contributed by atoms with Crippen LogP contribution >= 0.6 is 23.5 Å². The van der Waals surface area contributed by atoms with Crippen molar-refractivity contribution in [3.8, 4) is 11.8 Å². The number of nitrogens with zero attached hydrogens (tertiary/aromatic N) is 1. The van der Waals surface area contributed by atoms with Gasteiger partial charge in [-0.3, -0.25) is 4.79 Å². The Balaban J connectivity index is 1.46. The Morgan fingerprint density at radius 1 is 1.11 bits per heavy atom. The molecule has 2 aromatic carbocycles. The smallest absolute Gasteiger partial charge is 0.344 e. The van der Waals surface area contributed by atoms with Gasteiger partial charge in [0.25, 0.3) is 5.91 Å². The monoisotopic (exact) mass is 414 g/mol. The normalized spacial score (nSPS) is 13.5. The summed E-state index contributed by atoms with van der Waals surface area (Å²) in [6.45, 7) is -0.689. The summed E-state index contributed by atoms with van der Waals surface area (Å²) in [4.78, 5) is 23.8. The Labute approximate surface area is 171 Å². The standard InChI is InChI=1S/C20H18N2O4S2/c21-11-14-4-3-5-15(10-14)22-18(23)12-26-19(24)13-25-17-7-2-1-6-16(17)20-27-8-9-28-20/h1-7,10,20H,8-9,12-13H2,(H,22,23). The fourth-order valence-corrected chi connectivity index (χ4v) is 5.44. The highest BCUT2D eigenvalue weighted by Crippen LogP contribution is 2.48. The minimum absolute atomic E-state index is 0.268. The van der Waals surface area contributed by atoms with Crippen LogP contribution in [0.25, 0.3) is 0 Å². The summed E-state index contributed by atoms with van der Waals surface area (Å²) in [5, 5.41) is 11.4. The number of nitrogens with one attached hydrogen (secondary N) is 1. The van der Waals surface area contributed by atoms with Gasteiger partial charge in [0.1, 0.15) is 5.75 Å². The molecule has 0 atom stereocenters. The molecule has 0 unspecified atom stereocenters. The fourth-order valence-electron chi connectivity index (χ4n) is 2.53. The summed E-state index contributed by atoms with van der Waals surface area (Å²) < 4.78 is 10.9. The molecule has 144 valence electrons. The van der Waals surface area contributed by atoms with Gasteiger partial charge in [-0.15, -0.1) is 23.5 Å². The van der Waals surface area contributed by atoms with E-state index in [1.807, 2.05) is 53.9 Å². The third-order valence-corrected chi connectivity index (χ3v) is 6.85. The number of carbonyl (C=O) groups is 2. The van der Waals surface area contributed by atoms with Crippen LogP contribution in [0.2, 0.25) is 0 Å². The van der Waals surface area contributed by atoms with Crippen LogP contribution in [-0.2, 0) is 14.3 Å². The van der Waals surface area contributed by atoms with Crippen molar-refractivity contribution in [2.24, 2.45) is 0 Å². The maximum Gasteiger partial charge on any atom is 0.344 e. The van der Waals surface area contributed by atoms with Crippen molar-refractivity contribution < 1.29 is 19.1 Å². The van der Waals surface area contributed by atoms with Crippen LogP contribution < -0.4 is 10.1 Å². The molecule has 1 saturated heterocycles. The molecule has 1 heterocycles. The molecule has 0 bridgehead atoms. The molecule has 28 heavy (non-hydrogen) atoms. The predicted molar refractivity (Wildman–Crippen MR) is 110 cm³/mol. The maximum atomic E-state index is 11.9. The number of nitriles is 1. The summed E-state index contributed by atoms with van der Waals surface area (Å²) in [6, 6.07) is 16.1. The van der Waals surface area contributed by atoms with Crippen LogP contribution in [0.1, 0.15) is 15.7 Å². The molecule has 8 heteroatoms. The van der Waals surface area contributed by atoms with Gasteiger partial charge in [0.15, 0.2) is 13.2 Å². The van der Waals surface area contributed by atoms with Gasteiger partial charge in [-0.05, 0) is 24.3 Å². The number of amides is 1. The SMILES string of the molecule is N#Cc1cccc(NC(=O)COC(=O)COc2ccccc2C2SCCS2)c1. The number of hydrogen-bond acceptors (Lipinski definition) is 7. The molecule has 0 radical (unpaired) electrons. The maximum absolute atomic E-state index is 11.9. The van der Waals surface area contributed by atoms with Crippen LogP contribution in [-0.4, -0.2) is 36.6 Å². The minimum Gasteiger partial charge on any atom is -0.482 e. The third-order valence-electron chi connectivity index (χ3n) is 3.78. The average Bonchev–Trinajstić information content (AvgIpc) is 3.26. The van der Waals surface area contributed by atoms with Crippen LogP contribution in [0.15, 0.2) is 48.5 Å². The lowest BCUT2D eigenvalue weighted by Gasteiger charge is -2.14. The number of rotatable bonds is 7. The topological polar surface area (TPSA) is 88.4 Å². The number of benzene rings is 2. The average molecular weight is 415 g/mol. The van der Waals surface area contributed by atoms with Gasteiger partial charge in [0.05, 0.1) is 16.2 Å². The molecular formula is C20H18N2O4S2. The van der Waals surface area contributed by atoms with Crippen LogP contribution in [0.4, 0.5) is 5.69 Å². The van der Waals surface area contributed by atoms with E-state index in [1.54, 1.807) is 24.3 Å². The molecular weight excluding hydrogens is 396 g/mol. The molecule has 0 aliphatic carbocycles. The Morgan fingerprint density at radius 3 is 2.68 bits per heavy atom. The van der Waals surface area contributed by atoms with E-state index in [9.17, 15) is 9.59 Å². The number of thioether (sulfide) groups is 2. The minimum atomic E-state index is -0.623. The number of carbonyl (C=O) groups excluding carboxylic acids is 2. The van der Waals surface area contributed by atoms with Crippen molar-refractivity contribution in [3.63, 3.8) is 0 Å². The summed E-state index contributed by atoms with van der Waals surface area (Å²) in [6.07, 6.45) is 0. The molecule has 1 fully saturated rings. The van der Waals surface area contributed by atoms with Crippen molar-refractivity contribution in [2.45, 2.75) is 4.58 Å². The largest absolute Gasteiger partial charge is 0.482 e. The Kier molecular flexibility index (Phi) is 7.23. The van der Waals surface area contributed by atoms with Crippen molar-refractivity contribution in [2.75, 3.05) is 30.0 Å². The zero-order valence-electron chi connectivity index (χ0n) is 14.9. The second kappa shape index (κ2) is 10.1. The molecule has 0 aromatic heterocycles. The molecule has 1 N–H and O–H groups in total. The van der Waals surface area contributed by atoms with E-state index in [0.29, 0.717) is 21.6 Å². The molecule has 1 aliphatic rings. The van der Waals surface area contributed by atoms with Crippen molar-refractivity contribution in [3.05, 3.63) is 59.7 Å². The number of anilines is 1. The van der Waals surface area contributed by atoms with Crippen LogP contribution in [0.5, 0.6) is 5.75 Å². The number of hydrogen-bond donors (Lipinski definition) is 1. The molecule has 1 aliphatic heterocycles. The van der Waals surface area contributed by atoms with Gasteiger partial charge in [0.2, 0.25) is 0 Å². The zero-order chi connectivity index (χ0) is 19.8. The quantitative estimate of drug-likeness (QED) is 0.693. The molecule has 1 amide bonds. The highest BCUT2D eigenvalue weighted by atomic mass is 32.2. The van der Waals surface area contributed by atoms with Crippen molar-refractivity contribution in [1.82, 2.24) is 0 Å². The van der Waals surface area contributed by atoms with Gasteiger partial charge < -0.3 is 14.8 Å². The van der Waals surface area contributed by atoms with Gasteiger partial charge in [-0.2, -0.15) is 5.26 Å². The van der Waals surface area contributed by atoms with Gasteiger partial charge in [-0.25, -0.2) is 4.79 Å². The van der Waals surface area contributed by atoms with E-state index in [4.69, 9.17) is 14.7 Å². The Hall–Kier alpha value is -2.63. The highest BCUT2D eigenvalue weighted by molar-refractivity contribution is 8.19. The van der Waals surface area contributed by atoms with E-state index in [1.165, 1.54) is 0 Å². The first-order chi connectivity index (χ1) is 13.7. The highest BCUT2D eigenvalue weighted by Gasteiger charge is 2.22. The lowest BCUT2D eigenvalue weighted by Crippen LogP contribution is -2.23. The lowest BCUT2D eigenvalue weighted by molar-refractivity contribution is -0.149. The first kappa shape index (κ1) is 20.1. The van der Waals surface area contributed by atoms with Crippen LogP contribution in [0, 0.1) is 11.3 Å². The number of para-hydroxylation sites is 1. The van der Waals surface area contributed by atoms with Crippen LogP contribution in [0.3, 0.4) is 0 Å². The third kappa shape index (κ3) is 5.68. The lowest BCUT2D eigenvalue weighted by atomic mass is 10.2. The van der Waals surface area contributed by atoms with Gasteiger partial charge in [-0.1, -0.05) is 24.3 Å². The number of ether oxygens (including phenoxy) is 2. The van der Waals surface area contributed by atoms with Crippen molar-refractivity contribution in [1.29, 1.82) is 5.26 Å². The molecule has 0 spiro atoms. The Bertz CT molecular complexity index is 892. The van der Waals surface area contributed by atoms with E-state index in [0.717, 1.165) is 17.1 Å². The van der Waals surface area contributed by atoms with Gasteiger partial charge in [0, 0.05) is 22.8 Å². The molecule has 0 saturated carbocycles. The summed E-state index contributed by atoms with van der Waals surface area (Å²) >= 11 is 3.71. The summed E-state index contributed by atoms with van der Waals surface area (Å²) in [5.41, 5.74) is 1.95. The van der Waals surface area contributed by atoms with E-state index in [-0.39, 0.29) is 6.61 Å². The van der Waals surface area contributed by atoms with Crippen molar-refractivity contribution >= 4 is 41.1 Å². The second-order valence-corrected chi connectivity index (χ2v) is 8.53. The molecule has 2 aromatic rings. The van der Waals surface area contributed by atoms with E-state index in [2.05, 4.69) is 5.32 Å². The zero-order valence-corrected chi connectivity index (χ0v) is 16.6. The second-order valence-electron chi connectivity index (χ2n) is 5.80. The predicted octanol–water partition coefficient (Wildman–Crippen LogP) is 3.60. The van der Waals surface area contributed by atoms with E-state index >= 15 is 0 Å². The molecule has 3 rings (SSSR count). The van der Waals surface area contributed by atoms with E-state index < -0.39 is 18.5 Å². The first-order valence-electron chi connectivity index (χ1n) is 8.56. The Morgan fingerprint density at radius 2 is 1.89 bits per heavy atom. The number of esters is 1. The van der Waals surface area contributed by atoms with Gasteiger partial charge >= 0.3 is 5.97 Å². The summed E-state index contributed by atoms with van der Waals surface area (Å²) in [5.74, 6) is 1.74.